The summed E-state index contributed by atoms with van der Waals surface area (Å²) in [6.07, 6.45) is 2.66. The van der Waals surface area contributed by atoms with Gasteiger partial charge in [-0.3, -0.25) is 9.59 Å². The second-order valence-corrected chi connectivity index (χ2v) is 5.20. The van der Waals surface area contributed by atoms with Crippen molar-refractivity contribution in [1.29, 1.82) is 0 Å². The van der Waals surface area contributed by atoms with Crippen LogP contribution in [0.3, 0.4) is 0 Å². The van der Waals surface area contributed by atoms with Crippen LogP contribution in [0.2, 0.25) is 0 Å². The molecule has 4 N–H and O–H groups in total. The van der Waals surface area contributed by atoms with Gasteiger partial charge in [0, 0.05) is 17.0 Å². The lowest BCUT2D eigenvalue weighted by atomic mass is 10.1. The van der Waals surface area contributed by atoms with Gasteiger partial charge in [-0.1, -0.05) is 28.1 Å². The Labute approximate surface area is 130 Å². The minimum atomic E-state index is -1.21. The summed E-state index contributed by atoms with van der Waals surface area (Å²) in [4.78, 5) is 33.3. The van der Waals surface area contributed by atoms with Crippen LogP contribution in [0.25, 0.3) is 6.08 Å². The van der Waals surface area contributed by atoms with Gasteiger partial charge in [0.2, 0.25) is 11.8 Å². The van der Waals surface area contributed by atoms with Crippen molar-refractivity contribution < 1.29 is 19.5 Å². The standard InChI is InChI=1S/C14H15BrN2O4/c15-10-4-1-9(2-5-10)3-8-13(19)17-11(14(20)21)6-7-12(16)18/h1-5,8,11H,6-7H2,(H2,16,18)(H,17,19)(H,20,21)/b8-3+. The topological polar surface area (TPSA) is 109 Å². The molecule has 1 rings (SSSR count). The van der Waals surface area contributed by atoms with E-state index in [1.165, 1.54) is 6.08 Å². The predicted molar refractivity (Wildman–Crippen MR) is 81.2 cm³/mol. The molecule has 0 aromatic heterocycles. The fourth-order valence-corrected chi connectivity index (χ4v) is 1.77. The Morgan fingerprint density at radius 3 is 2.43 bits per heavy atom. The molecule has 0 radical (unpaired) electrons. The predicted octanol–water partition coefficient (Wildman–Crippen LogP) is 1.30. The van der Waals surface area contributed by atoms with Crippen molar-refractivity contribution in [3.8, 4) is 0 Å². The van der Waals surface area contributed by atoms with Crippen molar-refractivity contribution in [2.45, 2.75) is 18.9 Å². The van der Waals surface area contributed by atoms with Gasteiger partial charge in [0.15, 0.2) is 0 Å². The molecule has 0 heterocycles. The van der Waals surface area contributed by atoms with E-state index in [0.29, 0.717) is 0 Å². The maximum Gasteiger partial charge on any atom is 0.326 e. The van der Waals surface area contributed by atoms with E-state index in [-0.39, 0.29) is 12.8 Å². The summed E-state index contributed by atoms with van der Waals surface area (Å²) in [6.45, 7) is 0. The zero-order chi connectivity index (χ0) is 15.8. The number of primary amides is 1. The number of hydrogen-bond acceptors (Lipinski definition) is 3. The van der Waals surface area contributed by atoms with Crippen molar-refractivity contribution in [3.63, 3.8) is 0 Å². The van der Waals surface area contributed by atoms with Crippen LogP contribution in [0.4, 0.5) is 0 Å². The van der Waals surface area contributed by atoms with Crippen LogP contribution < -0.4 is 11.1 Å². The first kappa shape index (κ1) is 16.9. The smallest absolute Gasteiger partial charge is 0.326 e. The summed E-state index contributed by atoms with van der Waals surface area (Å²) in [5.74, 6) is -2.36. The van der Waals surface area contributed by atoms with E-state index >= 15 is 0 Å². The molecule has 6 nitrogen and oxygen atoms in total. The zero-order valence-corrected chi connectivity index (χ0v) is 12.7. The summed E-state index contributed by atoms with van der Waals surface area (Å²) in [7, 11) is 0. The lowest BCUT2D eigenvalue weighted by molar-refractivity contribution is -0.141. The van der Waals surface area contributed by atoms with E-state index < -0.39 is 23.8 Å². The monoisotopic (exact) mass is 354 g/mol. The van der Waals surface area contributed by atoms with Crippen molar-refractivity contribution >= 4 is 39.8 Å². The summed E-state index contributed by atoms with van der Waals surface area (Å²) in [6, 6.07) is 6.11. The average molecular weight is 355 g/mol. The molecule has 0 saturated carbocycles. The molecule has 0 aliphatic heterocycles. The number of benzene rings is 1. The van der Waals surface area contributed by atoms with Gasteiger partial charge in [-0.15, -0.1) is 0 Å². The fourth-order valence-electron chi connectivity index (χ4n) is 1.51. The normalized spacial score (nSPS) is 12.0. The molecular weight excluding hydrogens is 340 g/mol. The number of amides is 2. The lowest BCUT2D eigenvalue weighted by Gasteiger charge is -2.11. The molecule has 112 valence electrons. The zero-order valence-electron chi connectivity index (χ0n) is 11.1. The van der Waals surface area contributed by atoms with E-state index in [1.54, 1.807) is 18.2 Å². The summed E-state index contributed by atoms with van der Waals surface area (Å²) >= 11 is 3.30. The van der Waals surface area contributed by atoms with Crippen LogP contribution in [0.1, 0.15) is 18.4 Å². The van der Waals surface area contributed by atoms with Crippen molar-refractivity contribution in [2.24, 2.45) is 5.73 Å². The highest BCUT2D eigenvalue weighted by Crippen LogP contribution is 2.11. The number of carboxylic acids is 1. The highest BCUT2D eigenvalue weighted by atomic mass is 79.9. The second-order valence-electron chi connectivity index (χ2n) is 4.29. The van der Waals surface area contributed by atoms with Crippen molar-refractivity contribution in [1.82, 2.24) is 5.32 Å². The molecule has 1 unspecified atom stereocenters. The van der Waals surface area contributed by atoms with Gasteiger partial charge in [-0.2, -0.15) is 0 Å². The Morgan fingerprint density at radius 1 is 1.29 bits per heavy atom. The second kappa shape index (κ2) is 8.21. The van der Waals surface area contributed by atoms with Crippen LogP contribution in [-0.2, 0) is 14.4 Å². The first-order valence-electron chi connectivity index (χ1n) is 6.13. The third-order valence-electron chi connectivity index (χ3n) is 2.59. The van der Waals surface area contributed by atoms with Gasteiger partial charge in [0.05, 0.1) is 0 Å². The SMILES string of the molecule is NC(=O)CCC(NC(=O)/C=C/c1ccc(Br)cc1)C(=O)O. The number of halogens is 1. The first-order valence-corrected chi connectivity index (χ1v) is 6.93. The number of rotatable bonds is 7. The van der Waals surface area contributed by atoms with Gasteiger partial charge >= 0.3 is 5.97 Å². The van der Waals surface area contributed by atoms with Crippen LogP contribution >= 0.6 is 15.9 Å². The van der Waals surface area contributed by atoms with Crippen molar-refractivity contribution in [2.75, 3.05) is 0 Å². The molecule has 21 heavy (non-hydrogen) atoms. The number of nitrogens with two attached hydrogens (primary N) is 1. The molecule has 2 amide bonds. The molecule has 7 heteroatoms. The average Bonchev–Trinajstić information content (AvgIpc) is 2.42. The van der Waals surface area contributed by atoms with Crippen molar-refractivity contribution in [3.05, 3.63) is 40.4 Å². The maximum atomic E-state index is 11.7. The third-order valence-corrected chi connectivity index (χ3v) is 3.12. The van der Waals surface area contributed by atoms with E-state index in [2.05, 4.69) is 21.2 Å². The molecule has 0 spiro atoms. The van der Waals surface area contributed by atoms with Gasteiger partial charge in [-0.05, 0) is 30.2 Å². The Morgan fingerprint density at radius 2 is 1.90 bits per heavy atom. The van der Waals surface area contributed by atoms with Crippen LogP contribution in [0, 0.1) is 0 Å². The van der Waals surface area contributed by atoms with E-state index in [4.69, 9.17) is 10.8 Å². The van der Waals surface area contributed by atoms with Crippen LogP contribution in [-0.4, -0.2) is 28.9 Å². The molecule has 0 aliphatic carbocycles. The lowest BCUT2D eigenvalue weighted by Crippen LogP contribution is -2.40. The minimum Gasteiger partial charge on any atom is -0.480 e. The molecule has 1 aromatic carbocycles. The largest absolute Gasteiger partial charge is 0.480 e. The number of hydrogen-bond donors (Lipinski definition) is 3. The van der Waals surface area contributed by atoms with Gasteiger partial charge in [0.25, 0.3) is 0 Å². The van der Waals surface area contributed by atoms with Crippen LogP contribution in [0.15, 0.2) is 34.8 Å². The van der Waals surface area contributed by atoms with E-state index in [9.17, 15) is 14.4 Å². The molecule has 0 fully saturated rings. The minimum absolute atomic E-state index is 0.0392. The Bertz CT molecular complexity index is 555. The summed E-state index contributed by atoms with van der Waals surface area (Å²) in [5, 5.41) is 11.3. The van der Waals surface area contributed by atoms with Gasteiger partial charge in [-0.25, -0.2) is 4.79 Å². The number of aliphatic carboxylic acids is 1. The van der Waals surface area contributed by atoms with E-state index in [0.717, 1.165) is 10.0 Å². The van der Waals surface area contributed by atoms with Crippen LogP contribution in [0.5, 0.6) is 0 Å². The molecule has 0 saturated heterocycles. The van der Waals surface area contributed by atoms with E-state index in [1.807, 2.05) is 12.1 Å². The Balaban J connectivity index is 2.59. The maximum absolute atomic E-state index is 11.7. The summed E-state index contributed by atoms with van der Waals surface area (Å²) < 4.78 is 0.918. The first-order chi connectivity index (χ1) is 9.88. The quantitative estimate of drug-likeness (QED) is 0.641. The number of carbonyl (C=O) groups is 3. The Hall–Kier alpha value is -2.15. The number of nitrogens with one attached hydrogen (secondary N) is 1. The van der Waals surface area contributed by atoms with Gasteiger partial charge < -0.3 is 16.2 Å². The fraction of sp³-hybridized carbons (Fsp3) is 0.214. The van der Waals surface area contributed by atoms with Gasteiger partial charge in [0.1, 0.15) is 6.04 Å². The number of carboxylic acid groups (broad SMARTS) is 1. The molecule has 1 atom stereocenters. The highest BCUT2D eigenvalue weighted by molar-refractivity contribution is 9.10. The number of carbonyl (C=O) groups excluding carboxylic acids is 2. The molecule has 1 aromatic rings. The Kier molecular flexibility index (Phi) is 6.61. The third kappa shape index (κ3) is 6.71. The molecular formula is C14H15BrN2O4. The molecule has 0 aliphatic rings. The highest BCUT2D eigenvalue weighted by Gasteiger charge is 2.19. The molecule has 0 bridgehead atoms. The summed E-state index contributed by atoms with van der Waals surface area (Å²) in [5.41, 5.74) is 5.76.